The van der Waals surface area contributed by atoms with Gasteiger partial charge in [-0.3, -0.25) is 10.2 Å². The number of anilines is 4. The highest BCUT2D eigenvalue weighted by molar-refractivity contribution is 5.94. The molecule has 2 heterocycles. The zero-order valence-corrected chi connectivity index (χ0v) is 19.0. The largest absolute Gasteiger partial charge is 0.494 e. The fraction of sp³-hybridized carbons (Fsp3) is 0.261. The summed E-state index contributed by atoms with van der Waals surface area (Å²) in [4.78, 5) is 25.1. The normalized spacial score (nSPS) is 13.9. The molecule has 1 aliphatic rings. The number of ether oxygens (including phenoxy) is 1. The Morgan fingerprint density at radius 1 is 1.15 bits per heavy atom. The van der Waals surface area contributed by atoms with Gasteiger partial charge in [0.05, 0.1) is 19.0 Å². The van der Waals surface area contributed by atoms with E-state index in [0.717, 1.165) is 38.1 Å². The number of rotatable bonds is 7. The summed E-state index contributed by atoms with van der Waals surface area (Å²) in [5, 5.41) is 3.71. The lowest BCUT2D eigenvalue weighted by Gasteiger charge is -2.34. The summed E-state index contributed by atoms with van der Waals surface area (Å²) in [6, 6.07) is 14.2. The summed E-state index contributed by atoms with van der Waals surface area (Å²) in [5.74, 6) is 4.93. The maximum absolute atomic E-state index is 14.3. The molecule has 0 unspecified atom stereocenters. The van der Waals surface area contributed by atoms with Crippen molar-refractivity contribution in [2.45, 2.75) is 0 Å². The number of carbonyl (C=O) groups excluding carboxylic acids is 1. The van der Waals surface area contributed by atoms with E-state index in [4.69, 9.17) is 10.6 Å². The van der Waals surface area contributed by atoms with Crippen LogP contribution in [-0.2, 0) is 0 Å². The maximum Gasteiger partial charge on any atom is 0.287 e. The Morgan fingerprint density at radius 3 is 2.59 bits per heavy atom. The first kappa shape index (κ1) is 23.2. The van der Waals surface area contributed by atoms with Crippen LogP contribution in [0.25, 0.3) is 0 Å². The Morgan fingerprint density at radius 2 is 1.88 bits per heavy atom. The number of hydrogen-bond acceptors (Lipinski definition) is 9. The zero-order valence-electron chi connectivity index (χ0n) is 19.0. The minimum Gasteiger partial charge on any atom is -0.494 e. The molecule has 0 bridgehead atoms. The number of aromatic nitrogens is 2. The van der Waals surface area contributed by atoms with Gasteiger partial charge in [-0.25, -0.2) is 15.2 Å². The Balaban J connectivity index is 1.49. The first-order valence-corrected chi connectivity index (χ1v) is 10.8. The minimum absolute atomic E-state index is 0.107. The number of hydrogen-bond donors (Lipinski definition) is 3. The van der Waals surface area contributed by atoms with Gasteiger partial charge in [-0.15, -0.1) is 0 Å². The molecule has 1 aliphatic heterocycles. The van der Waals surface area contributed by atoms with Gasteiger partial charge in [0.1, 0.15) is 5.75 Å². The molecular formula is C23H27FN8O2. The number of halogens is 1. The number of nitrogens with one attached hydrogen (secondary N) is 2. The number of amides is 1. The lowest BCUT2D eigenvalue weighted by molar-refractivity contribution is 0.0792. The average Bonchev–Trinajstić information content (AvgIpc) is 2.86. The number of methoxy groups -OCH3 is 1. The van der Waals surface area contributed by atoms with Crippen molar-refractivity contribution in [1.82, 2.24) is 20.0 Å². The van der Waals surface area contributed by atoms with Crippen LogP contribution in [0.3, 0.4) is 0 Å². The van der Waals surface area contributed by atoms with Crippen LogP contribution in [0.1, 0.15) is 10.4 Å². The summed E-state index contributed by atoms with van der Waals surface area (Å²) >= 11 is 0. The molecule has 0 spiro atoms. The summed E-state index contributed by atoms with van der Waals surface area (Å²) in [7, 11) is 3.69. The van der Waals surface area contributed by atoms with E-state index in [1.54, 1.807) is 37.4 Å². The van der Waals surface area contributed by atoms with Crippen molar-refractivity contribution in [3.8, 4) is 5.75 Å². The molecule has 11 heteroatoms. The summed E-state index contributed by atoms with van der Waals surface area (Å²) in [6.45, 7) is 3.85. The fourth-order valence-electron chi connectivity index (χ4n) is 3.56. The van der Waals surface area contributed by atoms with E-state index in [2.05, 4.69) is 37.6 Å². The van der Waals surface area contributed by atoms with Crippen molar-refractivity contribution in [2.24, 2.45) is 5.84 Å². The second kappa shape index (κ2) is 10.3. The van der Waals surface area contributed by atoms with Gasteiger partial charge in [-0.05, 0) is 31.3 Å². The van der Waals surface area contributed by atoms with Gasteiger partial charge in [-0.2, -0.15) is 10.1 Å². The van der Waals surface area contributed by atoms with Gasteiger partial charge in [0, 0.05) is 43.5 Å². The van der Waals surface area contributed by atoms with Gasteiger partial charge in [0.25, 0.3) is 5.91 Å². The third kappa shape index (κ3) is 5.33. The van der Waals surface area contributed by atoms with Crippen LogP contribution in [0.2, 0.25) is 0 Å². The third-order valence-electron chi connectivity index (χ3n) is 5.51. The predicted molar refractivity (Wildman–Crippen MR) is 128 cm³/mol. The van der Waals surface area contributed by atoms with E-state index >= 15 is 0 Å². The first-order valence-electron chi connectivity index (χ1n) is 10.8. The van der Waals surface area contributed by atoms with E-state index in [1.165, 1.54) is 0 Å². The van der Waals surface area contributed by atoms with Crippen LogP contribution in [0.4, 0.5) is 27.5 Å². The second-order valence-electron chi connectivity index (χ2n) is 7.84. The van der Waals surface area contributed by atoms with Crippen LogP contribution in [-0.4, -0.2) is 66.2 Å². The zero-order chi connectivity index (χ0) is 24.1. The molecule has 1 saturated heterocycles. The molecule has 4 N–H and O–H groups in total. The molecule has 178 valence electrons. The Kier molecular flexibility index (Phi) is 7.04. The molecule has 3 aromatic rings. The number of nitrogens with zero attached hydrogens (tertiary/aromatic N) is 5. The molecule has 0 radical (unpaired) electrons. The molecule has 1 amide bonds. The van der Waals surface area contributed by atoms with Gasteiger partial charge in [0.2, 0.25) is 5.95 Å². The molecule has 1 fully saturated rings. The smallest absolute Gasteiger partial charge is 0.287 e. The van der Waals surface area contributed by atoms with E-state index in [9.17, 15) is 9.18 Å². The summed E-state index contributed by atoms with van der Waals surface area (Å²) in [5.41, 5.74) is 4.48. The van der Waals surface area contributed by atoms with E-state index < -0.39 is 11.7 Å². The van der Waals surface area contributed by atoms with Crippen LogP contribution in [0, 0.1) is 5.82 Å². The quantitative estimate of drug-likeness (QED) is 0.275. The van der Waals surface area contributed by atoms with Crippen LogP contribution >= 0.6 is 0 Å². The number of carbonyl (C=O) groups is 1. The summed E-state index contributed by atoms with van der Waals surface area (Å²) < 4.78 is 19.9. The van der Waals surface area contributed by atoms with Gasteiger partial charge in [0.15, 0.2) is 11.6 Å². The van der Waals surface area contributed by atoms with Crippen LogP contribution in [0.5, 0.6) is 5.75 Å². The Hall–Kier alpha value is -3.96. The summed E-state index contributed by atoms with van der Waals surface area (Å²) in [6.07, 6.45) is 0.990. The van der Waals surface area contributed by atoms with Crippen molar-refractivity contribution in [3.63, 3.8) is 0 Å². The lowest BCUT2D eigenvalue weighted by Crippen LogP contribution is -2.44. The predicted octanol–water partition coefficient (Wildman–Crippen LogP) is 2.46. The number of hydrazine groups is 2. The number of likely N-dealkylation sites (N-methyl/N-ethyl adjacent to an activating group) is 1. The van der Waals surface area contributed by atoms with Crippen molar-refractivity contribution >= 4 is 29.0 Å². The molecule has 4 rings (SSSR count). The van der Waals surface area contributed by atoms with Crippen molar-refractivity contribution in [1.29, 1.82) is 0 Å². The SMILES string of the molecule is COc1cc(N2CCN(C)CC2)ccc1Nc1ncc(F)c(NN(N)C(=O)c2ccccc2)n1. The molecule has 1 aromatic heterocycles. The standard InChI is InChI=1S/C23H27FN8O2/c1-30-10-12-31(13-11-30)17-8-9-19(20(14-17)34-2)27-23-26-15-18(24)21(28-23)29-32(25)22(33)16-6-4-3-5-7-16/h3-9,14-15H,10-13,25H2,1-2H3,(H2,26,27,28,29). The molecule has 34 heavy (non-hydrogen) atoms. The Bertz CT molecular complexity index is 1140. The molecule has 10 nitrogen and oxygen atoms in total. The maximum atomic E-state index is 14.3. The molecular weight excluding hydrogens is 439 g/mol. The second-order valence-corrected chi connectivity index (χ2v) is 7.84. The van der Waals surface area contributed by atoms with Crippen LogP contribution < -0.4 is 26.2 Å². The van der Waals surface area contributed by atoms with Gasteiger partial charge >= 0.3 is 0 Å². The van der Waals surface area contributed by atoms with Crippen molar-refractivity contribution < 1.29 is 13.9 Å². The molecule has 2 aromatic carbocycles. The number of nitrogens with two attached hydrogens (primary N) is 1. The van der Waals surface area contributed by atoms with Crippen molar-refractivity contribution in [3.05, 3.63) is 66.1 Å². The molecule has 0 atom stereocenters. The van der Waals surface area contributed by atoms with E-state index in [1.807, 2.05) is 18.2 Å². The lowest BCUT2D eigenvalue weighted by atomic mass is 10.2. The molecule has 0 aliphatic carbocycles. The van der Waals surface area contributed by atoms with Gasteiger partial charge in [-0.1, -0.05) is 18.2 Å². The Labute approximate surface area is 197 Å². The highest BCUT2D eigenvalue weighted by Gasteiger charge is 2.18. The van der Waals surface area contributed by atoms with E-state index in [-0.39, 0.29) is 11.8 Å². The van der Waals surface area contributed by atoms with Gasteiger partial charge < -0.3 is 19.9 Å². The third-order valence-corrected chi connectivity index (χ3v) is 5.51. The minimum atomic E-state index is -0.765. The fourth-order valence-corrected chi connectivity index (χ4v) is 3.56. The first-order chi connectivity index (χ1) is 16.4. The van der Waals surface area contributed by atoms with Crippen LogP contribution in [0.15, 0.2) is 54.7 Å². The highest BCUT2D eigenvalue weighted by Crippen LogP contribution is 2.32. The molecule has 0 saturated carbocycles. The number of benzene rings is 2. The van der Waals surface area contributed by atoms with E-state index in [0.29, 0.717) is 22.1 Å². The van der Waals surface area contributed by atoms with Crippen molar-refractivity contribution in [2.75, 3.05) is 56.0 Å². The number of piperazine rings is 1. The topological polar surface area (TPSA) is 112 Å². The average molecular weight is 467 g/mol. The monoisotopic (exact) mass is 466 g/mol. The highest BCUT2D eigenvalue weighted by atomic mass is 19.1.